The quantitative estimate of drug-likeness (QED) is 0.0847. The number of phenolic OH excluding ortho intramolecular Hbond substituents is 1. The van der Waals surface area contributed by atoms with Gasteiger partial charge in [-0.05, 0) is 82.8 Å². The number of carbonyl (C=O) groups is 1. The molecule has 0 saturated heterocycles. The number of rotatable bonds is 17. The standard InChI is InChI=1S/C35H39N2O6.C2H6.K/c1-25-18-32(38)12-13-34(25)31-19-28(20-33(21-31)42-24-27-6-4-3-5-7-27)22-36-14-16-41-17-15-37-43-23-26(2)29-8-10-30(11-9-29)35(39)40;1-2;/h3-13,18-21,26,36,38H,14-17,22-24H2,1-2H3,(H,39,40);1-2H3;/q-1;;+1. The number of aromatic carboxylic acids is 1. The van der Waals surface area contributed by atoms with Crippen LogP contribution in [-0.4, -0.2) is 49.1 Å². The predicted molar refractivity (Wildman–Crippen MR) is 179 cm³/mol. The Bertz CT molecular complexity index is 1450. The fourth-order valence-electron chi connectivity index (χ4n) is 4.57. The van der Waals surface area contributed by atoms with Crippen LogP contribution in [-0.2, 0) is 22.7 Å². The summed E-state index contributed by atoms with van der Waals surface area (Å²) in [6.45, 7) is 11.6. The van der Waals surface area contributed by atoms with Crippen LogP contribution < -0.4 is 61.4 Å². The monoisotopic (exact) mass is 652 g/mol. The van der Waals surface area contributed by atoms with Gasteiger partial charge in [-0.25, -0.2) is 4.79 Å². The van der Waals surface area contributed by atoms with Crippen molar-refractivity contribution in [1.29, 1.82) is 0 Å². The molecule has 0 aromatic heterocycles. The number of aryl methyl sites for hydroxylation is 1. The Hall–Kier alpha value is -2.57. The Morgan fingerprint density at radius 2 is 1.65 bits per heavy atom. The molecule has 9 heteroatoms. The molecule has 46 heavy (non-hydrogen) atoms. The van der Waals surface area contributed by atoms with Gasteiger partial charge in [-0.1, -0.05) is 69.3 Å². The van der Waals surface area contributed by atoms with E-state index in [-0.39, 0.29) is 68.6 Å². The molecule has 0 spiro atoms. The van der Waals surface area contributed by atoms with Crippen molar-refractivity contribution in [3.05, 3.63) is 124 Å². The van der Waals surface area contributed by atoms with E-state index >= 15 is 0 Å². The fourth-order valence-corrected chi connectivity index (χ4v) is 4.57. The van der Waals surface area contributed by atoms with Crippen LogP contribution >= 0.6 is 0 Å². The third-order valence-electron chi connectivity index (χ3n) is 6.96. The second-order valence-electron chi connectivity index (χ2n) is 10.4. The predicted octanol–water partition coefficient (Wildman–Crippen LogP) is 4.89. The molecule has 4 rings (SSSR count). The number of hydrogen-bond donors (Lipinski definition) is 3. The van der Waals surface area contributed by atoms with Crippen LogP contribution in [0.3, 0.4) is 0 Å². The number of ether oxygens (including phenoxy) is 2. The van der Waals surface area contributed by atoms with Crippen molar-refractivity contribution < 1.29 is 80.7 Å². The van der Waals surface area contributed by atoms with Gasteiger partial charge in [0, 0.05) is 32.2 Å². The van der Waals surface area contributed by atoms with Gasteiger partial charge in [0.15, 0.2) is 0 Å². The maximum Gasteiger partial charge on any atom is 1.00 e. The Labute approximate surface area is 315 Å². The minimum Gasteiger partial charge on any atom is -0.532 e. The van der Waals surface area contributed by atoms with Crippen molar-refractivity contribution in [2.75, 3.05) is 32.9 Å². The van der Waals surface area contributed by atoms with Gasteiger partial charge < -0.3 is 35.3 Å². The number of hydroxylamine groups is 1. The van der Waals surface area contributed by atoms with E-state index in [4.69, 9.17) is 19.4 Å². The molecule has 0 radical (unpaired) electrons. The van der Waals surface area contributed by atoms with Gasteiger partial charge in [0.2, 0.25) is 0 Å². The van der Waals surface area contributed by atoms with E-state index in [1.165, 1.54) is 0 Å². The van der Waals surface area contributed by atoms with Crippen LogP contribution in [0.2, 0.25) is 0 Å². The molecule has 0 heterocycles. The zero-order valence-corrected chi connectivity index (χ0v) is 30.8. The summed E-state index contributed by atoms with van der Waals surface area (Å²) >= 11 is 0. The van der Waals surface area contributed by atoms with E-state index in [1.807, 2.05) is 76.2 Å². The first-order valence-corrected chi connectivity index (χ1v) is 15.4. The summed E-state index contributed by atoms with van der Waals surface area (Å²) in [5.41, 5.74) is 10.6. The molecule has 4 aromatic rings. The Balaban J connectivity index is 0.00000241. The van der Waals surface area contributed by atoms with E-state index in [2.05, 4.69) is 16.9 Å². The zero-order valence-electron chi connectivity index (χ0n) is 27.7. The summed E-state index contributed by atoms with van der Waals surface area (Å²) in [6.07, 6.45) is 0. The Kier molecular flexibility index (Phi) is 19.0. The average molecular weight is 653 g/mol. The van der Waals surface area contributed by atoms with Crippen LogP contribution in [0.15, 0.2) is 91.0 Å². The third-order valence-corrected chi connectivity index (χ3v) is 6.96. The molecule has 0 fully saturated rings. The molecule has 0 aliphatic heterocycles. The normalized spacial score (nSPS) is 11.1. The van der Waals surface area contributed by atoms with Crippen molar-refractivity contribution in [1.82, 2.24) is 5.32 Å². The second kappa shape index (κ2) is 22.1. The molecular weight excluding hydrogens is 608 g/mol. The van der Waals surface area contributed by atoms with E-state index in [9.17, 15) is 9.90 Å². The summed E-state index contributed by atoms with van der Waals surface area (Å²) in [7, 11) is 0. The second-order valence-corrected chi connectivity index (χ2v) is 10.4. The number of nitrogens with one attached hydrogen (secondary N) is 1. The van der Waals surface area contributed by atoms with Gasteiger partial charge in [-0.3, -0.25) is 0 Å². The molecule has 8 nitrogen and oxygen atoms in total. The van der Waals surface area contributed by atoms with E-state index < -0.39 is 5.97 Å². The number of nitrogens with zero attached hydrogens (tertiary/aromatic N) is 1. The van der Waals surface area contributed by atoms with Gasteiger partial charge in [0.05, 0.1) is 12.2 Å². The van der Waals surface area contributed by atoms with Crippen molar-refractivity contribution in [2.24, 2.45) is 0 Å². The molecule has 0 aliphatic carbocycles. The first kappa shape index (κ1) is 39.6. The van der Waals surface area contributed by atoms with Gasteiger partial charge in [-0.2, -0.15) is 0 Å². The number of carboxylic acid groups (broad SMARTS) is 1. The number of phenols is 1. The Morgan fingerprint density at radius 1 is 0.913 bits per heavy atom. The van der Waals surface area contributed by atoms with Crippen LogP contribution in [0, 0.1) is 6.92 Å². The third kappa shape index (κ3) is 13.7. The smallest absolute Gasteiger partial charge is 0.532 e. The number of hydrogen-bond acceptors (Lipinski definition) is 6. The largest absolute Gasteiger partial charge is 1.00 e. The van der Waals surface area contributed by atoms with Crippen molar-refractivity contribution in [3.8, 4) is 22.6 Å². The summed E-state index contributed by atoms with van der Waals surface area (Å²) in [5.74, 6) is 0.194. The van der Waals surface area contributed by atoms with Crippen molar-refractivity contribution >= 4 is 5.97 Å². The molecule has 240 valence electrons. The minimum atomic E-state index is -0.936. The van der Waals surface area contributed by atoms with Crippen LogP contribution in [0.1, 0.15) is 59.3 Å². The summed E-state index contributed by atoms with van der Waals surface area (Å²) < 4.78 is 11.8. The molecule has 1 atom stereocenters. The first-order valence-electron chi connectivity index (χ1n) is 15.4. The molecule has 0 saturated carbocycles. The number of benzene rings is 4. The van der Waals surface area contributed by atoms with E-state index in [0.29, 0.717) is 46.1 Å². The molecule has 3 N–H and O–H groups in total. The average Bonchev–Trinajstić information content (AvgIpc) is 3.06. The molecular formula is C37H45KN2O6. The molecule has 4 aromatic carbocycles. The first-order chi connectivity index (χ1) is 21.9. The molecule has 0 amide bonds. The van der Waals surface area contributed by atoms with Crippen molar-refractivity contribution in [3.63, 3.8) is 0 Å². The van der Waals surface area contributed by atoms with Gasteiger partial charge >= 0.3 is 57.4 Å². The topological polar surface area (TPSA) is 111 Å². The van der Waals surface area contributed by atoms with E-state index in [1.54, 1.807) is 36.4 Å². The summed E-state index contributed by atoms with van der Waals surface area (Å²) in [4.78, 5) is 16.4. The van der Waals surface area contributed by atoms with E-state index in [0.717, 1.165) is 39.1 Å². The van der Waals surface area contributed by atoms with Crippen LogP contribution in [0.4, 0.5) is 0 Å². The molecule has 1 unspecified atom stereocenters. The maximum absolute atomic E-state index is 11.0. The maximum atomic E-state index is 11.0. The number of carboxylic acids is 1. The van der Waals surface area contributed by atoms with Gasteiger partial charge in [-0.15, -0.1) is 6.54 Å². The SMILES string of the molecule is CC.Cc1cc(O)ccc1-c1cc(CNCCOCC[N-]OCC(C)c2ccc(C(=O)O)cc2)cc(OCc2ccccc2)c1.[K+]. The minimum absolute atomic E-state index is 0. The van der Waals surface area contributed by atoms with Crippen molar-refractivity contribution in [2.45, 2.75) is 46.8 Å². The number of aromatic hydroxyl groups is 1. The summed E-state index contributed by atoms with van der Waals surface area (Å²) in [6, 6.07) is 28.5. The fraction of sp³-hybridized carbons (Fsp3) is 0.324. The van der Waals surface area contributed by atoms with Gasteiger partial charge in [0.25, 0.3) is 0 Å². The Morgan fingerprint density at radius 3 is 2.35 bits per heavy atom. The summed E-state index contributed by atoms with van der Waals surface area (Å²) in [5, 5.41) is 22.3. The van der Waals surface area contributed by atoms with Crippen LogP contribution in [0.5, 0.6) is 11.5 Å². The molecule has 0 aliphatic rings. The van der Waals surface area contributed by atoms with Gasteiger partial charge in [0.1, 0.15) is 18.1 Å². The van der Waals surface area contributed by atoms with Crippen LogP contribution in [0.25, 0.3) is 16.6 Å². The zero-order chi connectivity index (χ0) is 32.4. The molecule has 0 bridgehead atoms.